The first-order valence-corrected chi connectivity index (χ1v) is 10.7. The van der Waals surface area contributed by atoms with Crippen LogP contribution in [0.4, 0.5) is 0 Å². The molecule has 5 rings (SSSR count). The zero-order valence-corrected chi connectivity index (χ0v) is 17.7. The molecular formula is C23H27N5O2. The van der Waals surface area contributed by atoms with E-state index in [4.69, 9.17) is 9.51 Å². The van der Waals surface area contributed by atoms with Gasteiger partial charge in [0.2, 0.25) is 5.89 Å². The average molecular weight is 406 g/mol. The van der Waals surface area contributed by atoms with Crippen LogP contribution in [0.1, 0.15) is 77.2 Å². The fourth-order valence-electron chi connectivity index (χ4n) is 5.42. The second kappa shape index (κ2) is 7.47. The number of benzene rings is 1. The van der Waals surface area contributed by atoms with Gasteiger partial charge in [0.1, 0.15) is 6.54 Å². The topological polar surface area (TPSA) is 77.1 Å². The Bertz CT molecular complexity index is 1070. The number of hydrogen-bond acceptors (Lipinski definition) is 6. The van der Waals surface area contributed by atoms with Crippen molar-refractivity contribution in [2.45, 2.75) is 64.6 Å². The number of aryl methyl sites for hydroxylation is 1. The molecule has 0 saturated carbocycles. The van der Waals surface area contributed by atoms with E-state index < -0.39 is 0 Å². The fraction of sp³-hybridized carbons (Fsp3) is 0.478. The van der Waals surface area contributed by atoms with Gasteiger partial charge in [0.05, 0.1) is 11.3 Å². The highest BCUT2D eigenvalue weighted by Gasteiger charge is 2.46. The minimum Gasteiger partial charge on any atom is -0.337 e. The van der Waals surface area contributed by atoms with Crippen LogP contribution in [0.15, 0.2) is 34.9 Å². The molecule has 156 valence electrons. The molecule has 7 heteroatoms. The molecule has 0 N–H and O–H groups in total. The van der Waals surface area contributed by atoms with Crippen LogP contribution in [-0.2, 0) is 6.54 Å². The molecule has 0 spiro atoms. The maximum Gasteiger partial charge on any atom is 0.248 e. The fourth-order valence-corrected chi connectivity index (χ4v) is 5.42. The van der Waals surface area contributed by atoms with Crippen molar-refractivity contribution in [3.8, 4) is 0 Å². The normalized spacial score (nSPS) is 23.8. The van der Waals surface area contributed by atoms with Crippen molar-refractivity contribution >= 4 is 5.78 Å². The summed E-state index contributed by atoms with van der Waals surface area (Å²) >= 11 is 0. The number of ketones is 1. The molecule has 4 heterocycles. The Morgan fingerprint density at radius 3 is 2.77 bits per heavy atom. The van der Waals surface area contributed by atoms with Gasteiger partial charge >= 0.3 is 0 Å². The highest BCUT2D eigenvalue weighted by molar-refractivity contribution is 5.96. The smallest absolute Gasteiger partial charge is 0.248 e. The molecule has 30 heavy (non-hydrogen) atoms. The third-order valence-corrected chi connectivity index (χ3v) is 6.70. The highest BCUT2D eigenvalue weighted by Crippen LogP contribution is 2.48. The van der Waals surface area contributed by atoms with Crippen molar-refractivity contribution in [3.05, 3.63) is 64.6 Å². The van der Waals surface area contributed by atoms with Gasteiger partial charge in [-0.15, -0.1) is 0 Å². The number of rotatable bonds is 5. The number of fused-ring (bicyclic) bond motifs is 1. The van der Waals surface area contributed by atoms with E-state index in [0.29, 0.717) is 30.1 Å². The van der Waals surface area contributed by atoms with E-state index in [1.165, 1.54) is 18.4 Å². The van der Waals surface area contributed by atoms with E-state index in [1.54, 1.807) is 11.6 Å². The number of Topliss-reactive ketones (excluding diaryl/α,β-unsaturated/α-hetero) is 1. The summed E-state index contributed by atoms with van der Waals surface area (Å²) in [5.41, 5.74) is 3.63. The molecule has 2 aliphatic heterocycles. The van der Waals surface area contributed by atoms with Crippen molar-refractivity contribution < 1.29 is 9.32 Å². The summed E-state index contributed by atoms with van der Waals surface area (Å²) in [4.78, 5) is 19.2. The lowest BCUT2D eigenvalue weighted by molar-refractivity contribution is 0.101. The van der Waals surface area contributed by atoms with Gasteiger partial charge in [-0.3, -0.25) is 14.4 Å². The third-order valence-electron chi connectivity index (χ3n) is 6.70. The quantitative estimate of drug-likeness (QED) is 0.601. The Morgan fingerprint density at radius 2 is 2.03 bits per heavy atom. The lowest BCUT2D eigenvalue weighted by Gasteiger charge is -2.24. The summed E-state index contributed by atoms with van der Waals surface area (Å²) in [5, 5.41) is 8.85. The Kier molecular flexibility index (Phi) is 4.77. The zero-order valence-electron chi connectivity index (χ0n) is 17.7. The molecule has 2 fully saturated rings. The van der Waals surface area contributed by atoms with Crippen LogP contribution >= 0.6 is 0 Å². The third kappa shape index (κ3) is 3.17. The Hall–Kier alpha value is -2.80. The molecular weight excluding hydrogens is 378 g/mol. The number of aromatic nitrogens is 4. The van der Waals surface area contributed by atoms with E-state index in [-0.39, 0.29) is 11.7 Å². The number of carbonyl (C=O) groups is 1. The van der Waals surface area contributed by atoms with Crippen molar-refractivity contribution in [1.29, 1.82) is 0 Å². The first-order valence-electron chi connectivity index (χ1n) is 10.7. The highest BCUT2D eigenvalue weighted by atomic mass is 16.5. The molecule has 7 nitrogen and oxygen atoms in total. The van der Waals surface area contributed by atoms with Crippen molar-refractivity contribution in [3.63, 3.8) is 0 Å². The minimum absolute atomic E-state index is 0.0294. The Morgan fingerprint density at radius 1 is 1.23 bits per heavy atom. The zero-order chi connectivity index (χ0) is 20.8. The Labute approximate surface area is 176 Å². The standard InChI is InChI=1S/C23H27N5O2/c1-14-22(16(3)29)15(2)28(25-14)13-21-24-23(26-30-21)18-12-20(17-8-5-4-6-9-17)27-11-7-10-19(18)27/h4-6,8-9,18-20H,7,10-13H2,1-3H3/t18-,19+,20-/m1/s1. The van der Waals surface area contributed by atoms with Crippen LogP contribution in [0.2, 0.25) is 0 Å². The molecule has 0 unspecified atom stereocenters. The van der Waals surface area contributed by atoms with E-state index in [2.05, 4.69) is 45.5 Å². The van der Waals surface area contributed by atoms with Crippen LogP contribution < -0.4 is 0 Å². The van der Waals surface area contributed by atoms with Gasteiger partial charge in [0, 0.05) is 23.7 Å². The van der Waals surface area contributed by atoms with Crippen molar-refractivity contribution in [2.24, 2.45) is 0 Å². The summed E-state index contributed by atoms with van der Waals surface area (Å²) < 4.78 is 7.39. The summed E-state index contributed by atoms with van der Waals surface area (Å²) in [6, 6.07) is 11.6. The molecule has 0 aliphatic carbocycles. The van der Waals surface area contributed by atoms with Gasteiger partial charge in [0.15, 0.2) is 11.6 Å². The van der Waals surface area contributed by atoms with Gasteiger partial charge in [-0.05, 0) is 52.1 Å². The lowest BCUT2D eigenvalue weighted by atomic mass is 9.94. The maximum atomic E-state index is 11.9. The summed E-state index contributed by atoms with van der Waals surface area (Å²) in [5.74, 6) is 1.65. The van der Waals surface area contributed by atoms with Crippen LogP contribution in [0.25, 0.3) is 0 Å². The van der Waals surface area contributed by atoms with Gasteiger partial charge in [-0.1, -0.05) is 35.5 Å². The molecule has 0 radical (unpaired) electrons. The Balaban J connectivity index is 1.38. The van der Waals surface area contributed by atoms with Gasteiger partial charge in [-0.25, -0.2) is 0 Å². The van der Waals surface area contributed by atoms with Crippen LogP contribution in [0.3, 0.4) is 0 Å². The van der Waals surface area contributed by atoms with Crippen LogP contribution in [-0.4, -0.2) is 43.2 Å². The number of nitrogens with zero attached hydrogens (tertiary/aromatic N) is 5. The van der Waals surface area contributed by atoms with Crippen molar-refractivity contribution in [2.75, 3.05) is 6.54 Å². The predicted molar refractivity (Wildman–Crippen MR) is 111 cm³/mol. The van der Waals surface area contributed by atoms with E-state index in [9.17, 15) is 4.79 Å². The second-order valence-electron chi connectivity index (χ2n) is 8.52. The average Bonchev–Trinajstić information content (AvgIpc) is 3.48. The van der Waals surface area contributed by atoms with Crippen LogP contribution in [0.5, 0.6) is 0 Å². The molecule has 1 aromatic carbocycles. The van der Waals surface area contributed by atoms with E-state index in [0.717, 1.165) is 30.2 Å². The van der Waals surface area contributed by atoms with Crippen LogP contribution in [0, 0.1) is 13.8 Å². The predicted octanol–water partition coefficient (Wildman–Crippen LogP) is 3.83. The first kappa shape index (κ1) is 19.2. The summed E-state index contributed by atoms with van der Waals surface area (Å²) in [6.07, 6.45) is 3.41. The van der Waals surface area contributed by atoms with E-state index >= 15 is 0 Å². The van der Waals surface area contributed by atoms with Gasteiger partial charge in [-0.2, -0.15) is 10.1 Å². The second-order valence-corrected chi connectivity index (χ2v) is 8.52. The van der Waals surface area contributed by atoms with Gasteiger partial charge in [0.25, 0.3) is 0 Å². The molecule has 2 aliphatic rings. The number of hydrogen-bond donors (Lipinski definition) is 0. The van der Waals surface area contributed by atoms with E-state index in [1.807, 2.05) is 13.8 Å². The molecule has 0 bridgehead atoms. The van der Waals surface area contributed by atoms with Crippen molar-refractivity contribution in [1.82, 2.24) is 24.8 Å². The molecule has 0 amide bonds. The maximum absolute atomic E-state index is 11.9. The SMILES string of the molecule is CC(=O)c1c(C)nn(Cc2nc([C@@H]3C[C@H](c4ccccc4)N4CCC[C@@H]34)no2)c1C. The minimum atomic E-state index is 0.0294. The summed E-state index contributed by atoms with van der Waals surface area (Å²) in [6.45, 7) is 6.85. The largest absolute Gasteiger partial charge is 0.337 e. The first-order chi connectivity index (χ1) is 14.5. The molecule has 2 saturated heterocycles. The number of carbonyl (C=O) groups excluding carboxylic acids is 1. The lowest BCUT2D eigenvalue weighted by Crippen LogP contribution is -2.27. The molecule has 3 aromatic rings. The summed E-state index contributed by atoms with van der Waals surface area (Å²) in [7, 11) is 0. The monoisotopic (exact) mass is 405 g/mol. The van der Waals surface area contributed by atoms with Gasteiger partial charge < -0.3 is 4.52 Å². The molecule has 3 atom stereocenters. The molecule has 2 aromatic heterocycles.